The Balaban J connectivity index is 2.22. The first-order chi connectivity index (χ1) is 8.18. The summed E-state index contributed by atoms with van der Waals surface area (Å²) in [5.74, 6) is -0.347. The van der Waals surface area contributed by atoms with Crippen molar-refractivity contribution in [3.63, 3.8) is 0 Å². The second kappa shape index (κ2) is 4.82. The first-order valence-electron chi connectivity index (χ1n) is 5.39. The van der Waals surface area contributed by atoms with Crippen molar-refractivity contribution in [1.82, 2.24) is 4.98 Å². The lowest BCUT2D eigenvalue weighted by Crippen LogP contribution is -2.10. The van der Waals surface area contributed by atoms with Crippen molar-refractivity contribution < 1.29 is 4.39 Å². The van der Waals surface area contributed by atoms with E-state index in [1.54, 1.807) is 24.5 Å². The Kier molecular flexibility index (Phi) is 3.23. The molecule has 88 valence electrons. The van der Waals surface area contributed by atoms with Crippen LogP contribution in [0.2, 0.25) is 0 Å². The first-order valence-corrected chi connectivity index (χ1v) is 5.39. The number of nitrogens with two attached hydrogens (primary N) is 1. The van der Waals surface area contributed by atoms with Gasteiger partial charge >= 0.3 is 0 Å². The molecule has 0 unspecified atom stereocenters. The molecule has 2 aromatic rings. The third-order valence-corrected chi connectivity index (χ3v) is 2.59. The molecule has 3 N–H and O–H groups in total. The van der Waals surface area contributed by atoms with Crippen LogP contribution < -0.4 is 11.1 Å². The van der Waals surface area contributed by atoms with Crippen LogP contribution in [0, 0.1) is 5.82 Å². The van der Waals surface area contributed by atoms with Gasteiger partial charge in [0.25, 0.3) is 0 Å². The molecule has 2 rings (SSSR count). The van der Waals surface area contributed by atoms with Crippen LogP contribution in [-0.2, 0) is 0 Å². The number of pyridine rings is 1. The van der Waals surface area contributed by atoms with E-state index in [0.29, 0.717) is 11.4 Å². The monoisotopic (exact) mass is 231 g/mol. The maximum absolute atomic E-state index is 13.6. The predicted octanol–water partition coefficient (Wildman–Crippen LogP) is 2.98. The molecule has 3 nitrogen and oxygen atoms in total. The molecule has 0 aliphatic carbocycles. The van der Waals surface area contributed by atoms with Crippen molar-refractivity contribution in [1.29, 1.82) is 0 Å². The quantitative estimate of drug-likeness (QED) is 0.798. The van der Waals surface area contributed by atoms with Crippen LogP contribution in [0.15, 0.2) is 42.7 Å². The van der Waals surface area contributed by atoms with E-state index in [1.165, 1.54) is 6.07 Å². The van der Waals surface area contributed by atoms with Gasteiger partial charge in [-0.2, -0.15) is 0 Å². The maximum Gasteiger partial charge on any atom is 0.148 e. The van der Waals surface area contributed by atoms with Gasteiger partial charge in [-0.25, -0.2) is 4.39 Å². The van der Waals surface area contributed by atoms with Crippen molar-refractivity contribution in [3.8, 4) is 0 Å². The predicted molar refractivity (Wildman–Crippen MR) is 67.1 cm³/mol. The largest absolute Gasteiger partial charge is 0.397 e. The molecule has 0 aliphatic rings. The van der Waals surface area contributed by atoms with Gasteiger partial charge in [0, 0.05) is 12.4 Å². The Morgan fingerprint density at radius 2 is 2.12 bits per heavy atom. The number of anilines is 2. The summed E-state index contributed by atoms with van der Waals surface area (Å²) in [6.07, 6.45) is 3.45. The Labute approximate surface area is 99.5 Å². The molecule has 0 fully saturated rings. The van der Waals surface area contributed by atoms with Gasteiger partial charge in [-0.05, 0) is 30.7 Å². The van der Waals surface area contributed by atoms with Crippen molar-refractivity contribution >= 4 is 11.4 Å². The SMILES string of the molecule is C[C@H](Nc1c(N)cccc1F)c1cccnc1. The van der Waals surface area contributed by atoms with Crippen LogP contribution >= 0.6 is 0 Å². The summed E-state index contributed by atoms with van der Waals surface area (Å²) in [6.45, 7) is 1.93. The van der Waals surface area contributed by atoms with Gasteiger partial charge in [-0.15, -0.1) is 0 Å². The highest BCUT2D eigenvalue weighted by molar-refractivity contribution is 5.67. The molecule has 4 heteroatoms. The second-order valence-electron chi connectivity index (χ2n) is 3.86. The van der Waals surface area contributed by atoms with Gasteiger partial charge in [0.05, 0.1) is 17.4 Å². The maximum atomic E-state index is 13.6. The van der Waals surface area contributed by atoms with Crippen LogP contribution in [0.25, 0.3) is 0 Å². The molecule has 0 aliphatic heterocycles. The summed E-state index contributed by atoms with van der Waals surface area (Å²) in [6, 6.07) is 8.36. The average molecular weight is 231 g/mol. The minimum absolute atomic E-state index is 0.0529. The van der Waals surface area contributed by atoms with Crippen LogP contribution in [0.1, 0.15) is 18.5 Å². The molecule has 0 saturated carbocycles. The fraction of sp³-hybridized carbons (Fsp3) is 0.154. The van der Waals surface area contributed by atoms with Gasteiger partial charge in [-0.3, -0.25) is 4.98 Å². The Morgan fingerprint density at radius 1 is 1.29 bits per heavy atom. The molecule has 1 aromatic heterocycles. The number of para-hydroxylation sites is 1. The first kappa shape index (κ1) is 11.4. The van der Waals surface area contributed by atoms with E-state index in [0.717, 1.165) is 5.56 Å². The number of halogens is 1. The number of benzene rings is 1. The van der Waals surface area contributed by atoms with E-state index < -0.39 is 0 Å². The van der Waals surface area contributed by atoms with Gasteiger partial charge in [-0.1, -0.05) is 12.1 Å². The minimum atomic E-state index is -0.347. The molecule has 0 spiro atoms. The minimum Gasteiger partial charge on any atom is -0.397 e. The van der Waals surface area contributed by atoms with E-state index in [1.807, 2.05) is 19.1 Å². The van der Waals surface area contributed by atoms with Crippen LogP contribution in [0.5, 0.6) is 0 Å². The van der Waals surface area contributed by atoms with E-state index in [9.17, 15) is 4.39 Å². The molecule has 1 atom stereocenters. The summed E-state index contributed by atoms with van der Waals surface area (Å²) >= 11 is 0. The van der Waals surface area contributed by atoms with E-state index in [2.05, 4.69) is 10.3 Å². The summed E-state index contributed by atoms with van der Waals surface area (Å²) in [4.78, 5) is 4.03. The highest BCUT2D eigenvalue weighted by atomic mass is 19.1. The van der Waals surface area contributed by atoms with Crippen LogP contribution in [0.3, 0.4) is 0 Å². The number of nitrogen functional groups attached to an aromatic ring is 1. The van der Waals surface area contributed by atoms with E-state index in [4.69, 9.17) is 5.73 Å². The average Bonchev–Trinajstić information content (AvgIpc) is 2.35. The van der Waals surface area contributed by atoms with Crippen molar-refractivity contribution in [2.75, 3.05) is 11.1 Å². The lowest BCUT2D eigenvalue weighted by Gasteiger charge is -2.17. The fourth-order valence-electron chi connectivity index (χ4n) is 1.63. The Hall–Kier alpha value is -2.10. The molecular weight excluding hydrogens is 217 g/mol. The highest BCUT2D eigenvalue weighted by Gasteiger charge is 2.10. The third kappa shape index (κ3) is 2.53. The smallest absolute Gasteiger partial charge is 0.148 e. The zero-order valence-corrected chi connectivity index (χ0v) is 9.52. The normalized spacial score (nSPS) is 12.1. The number of hydrogen-bond donors (Lipinski definition) is 2. The number of aromatic nitrogens is 1. The Morgan fingerprint density at radius 3 is 2.76 bits per heavy atom. The fourth-order valence-corrected chi connectivity index (χ4v) is 1.63. The van der Waals surface area contributed by atoms with Crippen molar-refractivity contribution in [2.45, 2.75) is 13.0 Å². The second-order valence-corrected chi connectivity index (χ2v) is 3.86. The number of nitrogens with zero attached hydrogens (tertiary/aromatic N) is 1. The van der Waals surface area contributed by atoms with Gasteiger partial charge in [0.2, 0.25) is 0 Å². The molecule has 0 amide bonds. The molecule has 0 bridgehead atoms. The Bertz CT molecular complexity index is 479. The van der Waals surface area contributed by atoms with Crippen LogP contribution in [0.4, 0.5) is 15.8 Å². The van der Waals surface area contributed by atoms with Crippen molar-refractivity contribution in [2.24, 2.45) is 0 Å². The topological polar surface area (TPSA) is 50.9 Å². The zero-order chi connectivity index (χ0) is 12.3. The molecule has 1 aromatic carbocycles. The lowest BCUT2D eigenvalue weighted by atomic mass is 10.1. The van der Waals surface area contributed by atoms with Crippen LogP contribution in [-0.4, -0.2) is 4.98 Å². The van der Waals surface area contributed by atoms with Gasteiger partial charge < -0.3 is 11.1 Å². The summed E-state index contributed by atoms with van der Waals surface area (Å²) in [5, 5.41) is 3.05. The van der Waals surface area contributed by atoms with E-state index >= 15 is 0 Å². The third-order valence-electron chi connectivity index (χ3n) is 2.59. The summed E-state index contributed by atoms with van der Waals surface area (Å²) in [5.41, 5.74) is 7.45. The van der Waals surface area contributed by atoms with Crippen molar-refractivity contribution in [3.05, 3.63) is 54.1 Å². The van der Waals surface area contributed by atoms with Gasteiger partial charge in [0.1, 0.15) is 5.82 Å². The molecule has 0 radical (unpaired) electrons. The van der Waals surface area contributed by atoms with Gasteiger partial charge in [0.15, 0.2) is 0 Å². The molecule has 0 saturated heterocycles. The molecule has 1 heterocycles. The van der Waals surface area contributed by atoms with E-state index in [-0.39, 0.29) is 11.9 Å². The summed E-state index contributed by atoms with van der Waals surface area (Å²) in [7, 11) is 0. The molecular formula is C13H14FN3. The molecule has 17 heavy (non-hydrogen) atoms. The highest BCUT2D eigenvalue weighted by Crippen LogP contribution is 2.26. The number of rotatable bonds is 3. The lowest BCUT2D eigenvalue weighted by molar-refractivity contribution is 0.628. The zero-order valence-electron chi connectivity index (χ0n) is 9.52. The summed E-state index contributed by atoms with van der Waals surface area (Å²) < 4.78 is 13.6. The number of nitrogens with one attached hydrogen (secondary N) is 1. The standard InChI is InChI=1S/C13H14FN3/c1-9(10-4-3-7-16-8-10)17-13-11(14)5-2-6-12(13)15/h2-9,17H,15H2,1H3/t9-/m0/s1. The number of hydrogen-bond acceptors (Lipinski definition) is 3.